The van der Waals surface area contributed by atoms with Gasteiger partial charge in [-0.1, -0.05) is 60.7 Å². The summed E-state index contributed by atoms with van der Waals surface area (Å²) < 4.78 is 21.9. The minimum absolute atomic E-state index is 0.142. The van der Waals surface area contributed by atoms with Crippen LogP contribution in [0.25, 0.3) is 10.9 Å². The largest absolute Gasteiger partial charge is 0.457 e. The molecule has 0 spiro atoms. The molecule has 1 fully saturated rings. The van der Waals surface area contributed by atoms with Crippen LogP contribution in [0.3, 0.4) is 0 Å². The summed E-state index contributed by atoms with van der Waals surface area (Å²) in [6.07, 6.45) is 4.68. The van der Waals surface area contributed by atoms with Crippen molar-refractivity contribution >= 4 is 16.8 Å². The van der Waals surface area contributed by atoms with Gasteiger partial charge in [0.25, 0.3) is 0 Å². The third-order valence-corrected chi connectivity index (χ3v) is 7.54. The van der Waals surface area contributed by atoms with Crippen molar-refractivity contribution in [3.63, 3.8) is 0 Å². The molecule has 1 aliphatic heterocycles. The quantitative estimate of drug-likeness (QED) is 0.210. The van der Waals surface area contributed by atoms with Crippen molar-refractivity contribution in [2.45, 2.75) is 31.7 Å². The third-order valence-electron chi connectivity index (χ3n) is 7.54. The molecule has 1 aliphatic rings. The number of rotatable bonds is 8. The predicted molar refractivity (Wildman–Crippen MR) is 153 cm³/mol. The standard InChI is InChI=1S/C34H31FN2O2/c35-27-17-15-25(16-18-27)23-37-24-32(30-13-4-5-14-33(30)37)31(22-34(38)36-19-6-7-20-36)26-9-8-12-29(21-26)39-28-10-2-1-3-11-28/h1-5,8-18,21,24,31H,6-7,19-20,22-23H2/t31-/m0/s1. The molecule has 0 unspecified atom stereocenters. The Bertz CT molecular complexity index is 1570. The number of hydrogen-bond donors (Lipinski definition) is 0. The molecule has 6 rings (SSSR count). The highest BCUT2D eigenvalue weighted by Crippen LogP contribution is 2.37. The van der Waals surface area contributed by atoms with Crippen molar-refractivity contribution in [2.75, 3.05) is 13.1 Å². The monoisotopic (exact) mass is 518 g/mol. The summed E-state index contributed by atoms with van der Waals surface area (Å²) in [5.74, 6) is 1.32. The molecule has 39 heavy (non-hydrogen) atoms. The number of aromatic nitrogens is 1. The molecule has 1 saturated heterocycles. The van der Waals surface area contributed by atoms with Crippen molar-refractivity contribution < 1.29 is 13.9 Å². The normalized spacial score (nSPS) is 14.0. The first-order chi connectivity index (χ1) is 19.1. The minimum Gasteiger partial charge on any atom is -0.457 e. The number of hydrogen-bond acceptors (Lipinski definition) is 2. The van der Waals surface area contributed by atoms with Crippen LogP contribution in [0.1, 0.15) is 41.9 Å². The van der Waals surface area contributed by atoms with E-state index >= 15 is 0 Å². The molecule has 1 amide bonds. The second-order valence-electron chi connectivity index (χ2n) is 10.2. The Morgan fingerprint density at radius 2 is 1.54 bits per heavy atom. The van der Waals surface area contributed by atoms with E-state index in [0.29, 0.717) is 13.0 Å². The van der Waals surface area contributed by atoms with Crippen LogP contribution in [0, 0.1) is 5.82 Å². The molecule has 4 nitrogen and oxygen atoms in total. The van der Waals surface area contributed by atoms with Crippen LogP contribution in [-0.4, -0.2) is 28.5 Å². The highest BCUT2D eigenvalue weighted by atomic mass is 19.1. The zero-order valence-electron chi connectivity index (χ0n) is 21.8. The van der Waals surface area contributed by atoms with Crippen LogP contribution in [0.2, 0.25) is 0 Å². The van der Waals surface area contributed by atoms with Crippen LogP contribution < -0.4 is 4.74 Å². The molecule has 196 valence electrons. The molecular weight excluding hydrogens is 487 g/mol. The second kappa shape index (κ2) is 11.2. The fourth-order valence-corrected chi connectivity index (χ4v) is 5.57. The summed E-state index contributed by atoms with van der Waals surface area (Å²) in [6.45, 7) is 2.27. The highest BCUT2D eigenvalue weighted by Gasteiger charge is 2.27. The molecule has 0 bridgehead atoms. The fourth-order valence-electron chi connectivity index (χ4n) is 5.57. The van der Waals surface area contributed by atoms with E-state index in [0.717, 1.165) is 65.0 Å². The maximum atomic E-state index is 13.5. The molecule has 0 N–H and O–H groups in total. The van der Waals surface area contributed by atoms with Gasteiger partial charge in [0, 0.05) is 49.1 Å². The molecule has 2 heterocycles. The van der Waals surface area contributed by atoms with E-state index in [-0.39, 0.29) is 17.6 Å². The Labute approximate surface area is 228 Å². The van der Waals surface area contributed by atoms with Crippen molar-refractivity contribution in [3.05, 3.63) is 132 Å². The van der Waals surface area contributed by atoms with Crippen molar-refractivity contribution in [1.29, 1.82) is 0 Å². The van der Waals surface area contributed by atoms with Gasteiger partial charge in [0.15, 0.2) is 0 Å². The van der Waals surface area contributed by atoms with Crippen molar-refractivity contribution in [2.24, 2.45) is 0 Å². The minimum atomic E-state index is -0.241. The number of nitrogens with zero attached hydrogens (tertiary/aromatic N) is 2. The number of amides is 1. The molecule has 0 aliphatic carbocycles. The van der Waals surface area contributed by atoms with Crippen LogP contribution in [0.5, 0.6) is 11.5 Å². The zero-order chi connectivity index (χ0) is 26.6. The Morgan fingerprint density at radius 3 is 2.33 bits per heavy atom. The number of fused-ring (bicyclic) bond motifs is 1. The van der Waals surface area contributed by atoms with Gasteiger partial charge in [0.05, 0.1) is 0 Å². The van der Waals surface area contributed by atoms with Crippen LogP contribution >= 0.6 is 0 Å². The fraction of sp³-hybridized carbons (Fsp3) is 0.206. The summed E-state index contributed by atoms with van der Waals surface area (Å²) in [5, 5.41) is 1.12. The number of likely N-dealkylation sites (tertiary alicyclic amines) is 1. The van der Waals surface area contributed by atoms with E-state index in [9.17, 15) is 9.18 Å². The summed E-state index contributed by atoms with van der Waals surface area (Å²) in [6, 6.07) is 32.8. The van der Waals surface area contributed by atoms with Crippen LogP contribution in [0.15, 0.2) is 109 Å². The second-order valence-corrected chi connectivity index (χ2v) is 10.2. The number of para-hydroxylation sites is 2. The van der Waals surface area contributed by atoms with Gasteiger partial charge >= 0.3 is 0 Å². The van der Waals surface area contributed by atoms with Crippen molar-refractivity contribution in [1.82, 2.24) is 9.47 Å². The smallest absolute Gasteiger partial charge is 0.223 e. The van der Waals surface area contributed by atoms with E-state index in [1.54, 1.807) is 0 Å². The Hall–Kier alpha value is -4.38. The van der Waals surface area contributed by atoms with E-state index in [1.807, 2.05) is 71.6 Å². The number of carbonyl (C=O) groups is 1. The van der Waals surface area contributed by atoms with Gasteiger partial charge in [-0.15, -0.1) is 0 Å². The molecule has 1 atom stereocenters. The van der Waals surface area contributed by atoms with Gasteiger partial charge < -0.3 is 14.2 Å². The van der Waals surface area contributed by atoms with Gasteiger partial charge in [0.2, 0.25) is 5.91 Å². The maximum Gasteiger partial charge on any atom is 0.223 e. The topological polar surface area (TPSA) is 34.5 Å². The Kier molecular flexibility index (Phi) is 7.13. The van der Waals surface area contributed by atoms with Gasteiger partial charge in [-0.3, -0.25) is 4.79 Å². The van der Waals surface area contributed by atoms with E-state index in [2.05, 4.69) is 35.0 Å². The van der Waals surface area contributed by atoms with E-state index in [4.69, 9.17) is 4.74 Å². The number of halogens is 1. The van der Waals surface area contributed by atoms with Crippen molar-refractivity contribution in [3.8, 4) is 11.5 Å². The lowest BCUT2D eigenvalue weighted by atomic mass is 9.87. The summed E-state index contributed by atoms with van der Waals surface area (Å²) in [4.78, 5) is 15.5. The lowest BCUT2D eigenvalue weighted by molar-refractivity contribution is -0.130. The summed E-state index contributed by atoms with van der Waals surface area (Å²) in [7, 11) is 0. The SMILES string of the molecule is O=C(C[C@@H](c1cccc(Oc2ccccc2)c1)c1cn(Cc2ccc(F)cc2)c2ccccc12)N1CCCC1. The first kappa shape index (κ1) is 24.9. The number of ether oxygens (including phenoxy) is 1. The number of benzene rings is 4. The van der Waals surface area contributed by atoms with Crippen LogP contribution in [0.4, 0.5) is 4.39 Å². The van der Waals surface area contributed by atoms with E-state index < -0.39 is 0 Å². The molecular formula is C34H31FN2O2. The lowest BCUT2D eigenvalue weighted by Gasteiger charge is -2.22. The zero-order valence-corrected chi connectivity index (χ0v) is 21.8. The molecule has 5 aromatic rings. The summed E-state index contributed by atoms with van der Waals surface area (Å²) >= 11 is 0. The predicted octanol–water partition coefficient (Wildman–Crippen LogP) is 7.77. The lowest BCUT2D eigenvalue weighted by Crippen LogP contribution is -2.29. The van der Waals surface area contributed by atoms with E-state index in [1.165, 1.54) is 12.1 Å². The number of carbonyl (C=O) groups excluding carboxylic acids is 1. The van der Waals surface area contributed by atoms with Crippen LogP contribution in [-0.2, 0) is 11.3 Å². The highest BCUT2D eigenvalue weighted by molar-refractivity contribution is 5.87. The Balaban J connectivity index is 1.40. The van der Waals surface area contributed by atoms with Gasteiger partial charge in [-0.2, -0.15) is 0 Å². The Morgan fingerprint density at radius 1 is 0.821 bits per heavy atom. The van der Waals surface area contributed by atoms with Gasteiger partial charge in [0.1, 0.15) is 17.3 Å². The molecule has 5 heteroatoms. The molecule has 0 saturated carbocycles. The van der Waals surface area contributed by atoms with Gasteiger partial charge in [-0.05, 0) is 72.0 Å². The third kappa shape index (κ3) is 5.58. The summed E-state index contributed by atoms with van der Waals surface area (Å²) in [5.41, 5.74) is 4.26. The first-order valence-corrected chi connectivity index (χ1v) is 13.6. The molecule has 4 aromatic carbocycles. The maximum absolute atomic E-state index is 13.5. The molecule has 1 aromatic heterocycles. The molecule has 0 radical (unpaired) electrons. The average molecular weight is 519 g/mol. The van der Waals surface area contributed by atoms with Gasteiger partial charge in [-0.25, -0.2) is 4.39 Å². The average Bonchev–Trinajstić information content (AvgIpc) is 3.63. The first-order valence-electron chi connectivity index (χ1n) is 13.6.